The Hall–Kier alpha value is -3.80. The van der Waals surface area contributed by atoms with Crippen molar-refractivity contribution in [1.29, 1.82) is 0 Å². The Morgan fingerprint density at radius 1 is 1.07 bits per heavy atom. The first-order valence-electron chi connectivity index (χ1n) is 9.87. The minimum atomic E-state index is -0.301. The van der Waals surface area contributed by atoms with Gasteiger partial charge in [0.1, 0.15) is 11.8 Å². The smallest absolute Gasteiger partial charge is 0.215 e. The van der Waals surface area contributed by atoms with E-state index in [2.05, 4.69) is 28.0 Å². The molecular weight excluding hydrogens is 376 g/mol. The summed E-state index contributed by atoms with van der Waals surface area (Å²) in [4.78, 5) is 14.1. The quantitative estimate of drug-likeness (QED) is 0.486. The number of carbonyl (C=O) groups excluding carboxylic acids is 1. The SMILES string of the molecule is COc1cc(-n2ccc(C)n2)ccc1C1c2cccn2Cc2ccccc2N1C=O. The van der Waals surface area contributed by atoms with Crippen LogP contribution in [-0.4, -0.2) is 27.9 Å². The first kappa shape index (κ1) is 18.2. The molecule has 1 amide bonds. The molecule has 0 saturated heterocycles. The molecule has 0 bridgehead atoms. The molecule has 0 fully saturated rings. The zero-order valence-corrected chi connectivity index (χ0v) is 16.9. The molecule has 1 atom stereocenters. The van der Waals surface area contributed by atoms with Gasteiger partial charge in [0.25, 0.3) is 0 Å². The fraction of sp³-hybridized carbons (Fsp3) is 0.167. The zero-order chi connectivity index (χ0) is 20.7. The Labute approximate surface area is 174 Å². The van der Waals surface area contributed by atoms with Gasteiger partial charge < -0.3 is 14.2 Å². The van der Waals surface area contributed by atoms with Crippen LogP contribution in [0.2, 0.25) is 0 Å². The van der Waals surface area contributed by atoms with E-state index >= 15 is 0 Å². The number of ether oxygens (including phenoxy) is 1. The molecule has 3 heterocycles. The van der Waals surface area contributed by atoms with Crippen LogP contribution < -0.4 is 9.64 Å². The van der Waals surface area contributed by atoms with Crippen LogP contribution in [0, 0.1) is 6.92 Å². The third kappa shape index (κ3) is 2.88. The number of amides is 1. The molecule has 1 unspecified atom stereocenters. The maximum absolute atomic E-state index is 12.3. The third-order valence-electron chi connectivity index (χ3n) is 5.65. The van der Waals surface area contributed by atoms with Crippen molar-refractivity contribution in [3.05, 3.63) is 95.6 Å². The van der Waals surface area contributed by atoms with Gasteiger partial charge in [-0.3, -0.25) is 4.79 Å². The van der Waals surface area contributed by atoms with E-state index in [1.807, 2.05) is 66.3 Å². The monoisotopic (exact) mass is 398 g/mol. The van der Waals surface area contributed by atoms with Crippen molar-refractivity contribution in [3.8, 4) is 11.4 Å². The van der Waals surface area contributed by atoms with E-state index in [4.69, 9.17) is 4.74 Å². The first-order chi connectivity index (χ1) is 14.7. The minimum absolute atomic E-state index is 0.301. The highest BCUT2D eigenvalue weighted by Crippen LogP contribution is 2.41. The van der Waals surface area contributed by atoms with Crippen LogP contribution in [0.5, 0.6) is 5.75 Å². The Balaban J connectivity index is 1.69. The topological polar surface area (TPSA) is 52.3 Å². The van der Waals surface area contributed by atoms with Gasteiger partial charge in [-0.2, -0.15) is 5.10 Å². The lowest BCUT2D eigenvalue weighted by Crippen LogP contribution is -2.29. The molecule has 0 aliphatic carbocycles. The van der Waals surface area contributed by atoms with E-state index in [1.54, 1.807) is 12.0 Å². The summed E-state index contributed by atoms with van der Waals surface area (Å²) >= 11 is 0. The van der Waals surface area contributed by atoms with Crippen molar-refractivity contribution >= 4 is 12.1 Å². The highest BCUT2D eigenvalue weighted by molar-refractivity contribution is 5.80. The molecule has 2 aromatic carbocycles. The molecule has 0 N–H and O–H groups in total. The number of para-hydroxylation sites is 1. The van der Waals surface area contributed by atoms with Crippen molar-refractivity contribution in [2.45, 2.75) is 19.5 Å². The summed E-state index contributed by atoms with van der Waals surface area (Å²) in [7, 11) is 1.66. The molecule has 1 aliphatic rings. The van der Waals surface area contributed by atoms with E-state index in [9.17, 15) is 4.79 Å². The van der Waals surface area contributed by atoms with Crippen LogP contribution in [0.1, 0.15) is 28.6 Å². The maximum atomic E-state index is 12.3. The second kappa shape index (κ2) is 7.22. The summed E-state index contributed by atoms with van der Waals surface area (Å²) in [6, 6.07) is 19.8. The number of hydrogen-bond donors (Lipinski definition) is 0. The number of anilines is 1. The van der Waals surface area contributed by atoms with Crippen molar-refractivity contribution in [3.63, 3.8) is 0 Å². The van der Waals surface area contributed by atoms with Gasteiger partial charge >= 0.3 is 0 Å². The molecular formula is C24H22N4O2. The summed E-state index contributed by atoms with van der Waals surface area (Å²) in [5.74, 6) is 0.713. The molecule has 4 aromatic rings. The molecule has 6 heteroatoms. The predicted octanol–water partition coefficient (Wildman–Crippen LogP) is 4.10. The highest BCUT2D eigenvalue weighted by Gasteiger charge is 2.31. The largest absolute Gasteiger partial charge is 0.496 e. The van der Waals surface area contributed by atoms with Crippen LogP contribution >= 0.6 is 0 Å². The molecule has 150 valence electrons. The van der Waals surface area contributed by atoms with Crippen molar-refractivity contribution < 1.29 is 9.53 Å². The van der Waals surface area contributed by atoms with Crippen molar-refractivity contribution in [2.24, 2.45) is 0 Å². The molecule has 1 aliphatic heterocycles. The molecule has 6 nitrogen and oxygen atoms in total. The van der Waals surface area contributed by atoms with E-state index in [0.29, 0.717) is 12.3 Å². The molecule has 0 saturated carbocycles. The van der Waals surface area contributed by atoms with Gasteiger partial charge in [0.2, 0.25) is 6.41 Å². The zero-order valence-electron chi connectivity index (χ0n) is 16.9. The normalized spacial score (nSPS) is 15.3. The Kier molecular flexibility index (Phi) is 4.39. The Morgan fingerprint density at radius 2 is 1.93 bits per heavy atom. The third-order valence-corrected chi connectivity index (χ3v) is 5.65. The summed E-state index contributed by atoms with van der Waals surface area (Å²) in [5.41, 5.74) is 5.84. The second-order valence-corrected chi connectivity index (χ2v) is 7.43. The lowest BCUT2D eigenvalue weighted by molar-refractivity contribution is -0.107. The van der Waals surface area contributed by atoms with E-state index in [-0.39, 0.29) is 6.04 Å². The van der Waals surface area contributed by atoms with Gasteiger partial charge in [-0.25, -0.2) is 4.68 Å². The van der Waals surface area contributed by atoms with E-state index in [1.165, 1.54) is 0 Å². The number of aryl methyl sites for hydroxylation is 1. The van der Waals surface area contributed by atoms with Crippen LogP contribution in [0.3, 0.4) is 0 Å². The molecule has 30 heavy (non-hydrogen) atoms. The van der Waals surface area contributed by atoms with Crippen LogP contribution in [0.25, 0.3) is 5.69 Å². The van der Waals surface area contributed by atoms with Crippen LogP contribution in [0.15, 0.2) is 73.1 Å². The van der Waals surface area contributed by atoms with Crippen LogP contribution in [-0.2, 0) is 11.3 Å². The molecule has 5 rings (SSSR count). The number of fused-ring (bicyclic) bond motifs is 2. The minimum Gasteiger partial charge on any atom is -0.496 e. The van der Waals surface area contributed by atoms with Crippen LogP contribution in [0.4, 0.5) is 5.69 Å². The standard InChI is InChI=1S/C24H22N4O2/c1-17-11-13-28(25-17)19-9-10-20(23(14-19)30-2)24-22-8-5-12-26(22)15-18-6-3-4-7-21(18)27(24)16-29/h3-14,16,24H,15H2,1-2H3. The van der Waals surface area contributed by atoms with E-state index in [0.717, 1.165) is 40.3 Å². The fourth-order valence-electron chi connectivity index (χ4n) is 4.23. The fourth-order valence-corrected chi connectivity index (χ4v) is 4.23. The summed E-state index contributed by atoms with van der Waals surface area (Å²) in [6.45, 7) is 2.67. The summed E-state index contributed by atoms with van der Waals surface area (Å²) in [6.07, 6.45) is 4.89. The Bertz CT molecular complexity index is 1220. The number of carbonyl (C=O) groups is 1. The molecule has 2 aromatic heterocycles. The van der Waals surface area contributed by atoms with Gasteiger partial charge in [-0.1, -0.05) is 24.3 Å². The van der Waals surface area contributed by atoms with Gasteiger partial charge in [0.05, 0.1) is 18.5 Å². The highest BCUT2D eigenvalue weighted by atomic mass is 16.5. The van der Waals surface area contributed by atoms with Gasteiger partial charge in [-0.15, -0.1) is 0 Å². The number of rotatable bonds is 4. The number of methoxy groups -OCH3 is 1. The Morgan fingerprint density at radius 3 is 2.70 bits per heavy atom. The number of hydrogen-bond acceptors (Lipinski definition) is 3. The van der Waals surface area contributed by atoms with Crippen molar-refractivity contribution in [2.75, 3.05) is 12.0 Å². The van der Waals surface area contributed by atoms with Gasteiger partial charge in [-0.05, 0) is 42.8 Å². The average molecular weight is 398 g/mol. The molecule has 0 spiro atoms. The van der Waals surface area contributed by atoms with Gasteiger partial charge in [0, 0.05) is 41.9 Å². The average Bonchev–Trinajstić information content (AvgIpc) is 3.38. The second-order valence-electron chi connectivity index (χ2n) is 7.43. The van der Waals surface area contributed by atoms with E-state index < -0.39 is 0 Å². The first-order valence-corrected chi connectivity index (χ1v) is 9.87. The summed E-state index contributed by atoms with van der Waals surface area (Å²) in [5, 5.41) is 4.49. The lowest BCUT2D eigenvalue weighted by atomic mass is 9.99. The predicted molar refractivity (Wildman–Crippen MR) is 115 cm³/mol. The lowest BCUT2D eigenvalue weighted by Gasteiger charge is -2.29. The maximum Gasteiger partial charge on any atom is 0.215 e. The summed E-state index contributed by atoms with van der Waals surface area (Å²) < 4.78 is 9.80. The molecule has 0 radical (unpaired) electrons. The van der Waals surface area contributed by atoms with Gasteiger partial charge in [0.15, 0.2) is 0 Å². The number of nitrogens with zero attached hydrogens (tertiary/aromatic N) is 4. The number of aromatic nitrogens is 3. The van der Waals surface area contributed by atoms with Crippen molar-refractivity contribution in [1.82, 2.24) is 14.3 Å². The number of benzene rings is 2.